The molecule has 0 amide bonds. The molecule has 0 atom stereocenters. The van der Waals surface area contributed by atoms with Gasteiger partial charge in [0.1, 0.15) is 4.60 Å². The second-order valence-electron chi connectivity index (χ2n) is 4.74. The number of imidazole rings is 1. The summed E-state index contributed by atoms with van der Waals surface area (Å²) in [6.45, 7) is 1.67. The summed E-state index contributed by atoms with van der Waals surface area (Å²) in [7, 11) is 0. The zero-order valence-electron chi connectivity index (χ0n) is 11.3. The van der Waals surface area contributed by atoms with Gasteiger partial charge in [0.15, 0.2) is 5.65 Å². The van der Waals surface area contributed by atoms with Crippen molar-refractivity contribution in [2.45, 2.75) is 13.0 Å². The van der Waals surface area contributed by atoms with Gasteiger partial charge < -0.3 is 5.32 Å². The zero-order valence-corrected chi connectivity index (χ0v) is 13.6. The highest BCUT2D eigenvalue weighted by Crippen LogP contribution is 2.11. The Morgan fingerprint density at radius 3 is 2.76 bits per heavy atom. The fourth-order valence-corrected chi connectivity index (χ4v) is 2.58. The van der Waals surface area contributed by atoms with Gasteiger partial charge in [0.2, 0.25) is 0 Å². The van der Waals surface area contributed by atoms with E-state index in [9.17, 15) is 0 Å². The predicted octanol–water partition coefficient (Wildman–Crippen LogP) is 3.48. The van der Waals surface area contributed by atoms with E-state index in [1.165, 1.54) is 5.56 Å². The molecule has 21 heavy (non-hydrogen) atoms. The topological polar surface area (TPSA) is 42.2 Å². The molecule has 0 aliphatic carbocycles. The Hall–Kier alpha value is -1.43. The van der Waals surface area contributed by atoms with E-state index in [4.69, 9.17) is 11.6 Å². The molecule has 3 aromatic rings. The molecule has 6 heteroatoms. The van der Waals surface area contributed by atoms with E-state index in [1.807, 2.05) is 28.9 Å². The van der Waals surface area contributed by atoms with E-state index in [0.717, 1.165) is 40.5 Å². The number of nitrogens with zero attached hydrogens (tertiary/aromatic N) is 3. The van der Waals surface area contributed by atoms with Gasteiger partial charge in [-0.25, -0.2) is 9.97 Å². The number of nitrogens with one attached hydrogen (secondary N) is 1. The second kappa shape index (κ2) is 6.56. The highest BCUT2D eigenvalue weighted by Gasteiger charge is 2.03. The molecule has 0 bridgehead atoms. The highest BCUT2D eigenvalue weighted by atomic mass is 79.9. The number of aromatic nitrogens is 3. The number of halogens is 2. The quantitative estimate of drug-likeness (QED) is 0.704. The summed E-state index contributed by atoms with van der Waals surface area (Å²) in [5.74, 6) is 0. The second-order valence-corrected chi connectivity index (χ2v) is 5.99. The molecule has 1 aromatic carbocycles. The van der Waals surface area contributed by atoms with Crippen LogP contribution in [-0.2, 0) is 13.0 Å². The molecule has 2 heterocycles. The van der Waals surface area contributed by atoms with Crippen LogP contribution in [0.2, 0.25) is 5.02 Å². The molecule has 108 valence electrons. The van der Waals surface area contributed by atoms with E-state index < -0.39 is 0 Å². The molecule has 0 saturated carbocycles. The van der Waals surface area contributed by atoms with Crippen molar-refractivity contribution in [2.24, 2.45) is 0 Å². The van der Waals surface area contributed by atoms with Crippen molar-refractivity contribution in [1.29, 1.82) is 0 Å². The Kier molecular flexibility index (Phi) is 4.53. The molecule has 0 aliphatic rings. The van der Waals surface area contributed by atoms with Crippen LogP contribution in [0.1, 0.15) is 11.3 Å². The Balaban J connectivity index is 1.57. The third kappa shape index (κ3) is 3.61. The van der Waals surface area contributed by atoms with Crippen molar-refractivity contribution in [1.82, 2.24) is 19.7 Å². The molecule has 0 fully saturated rings. The third-order valence-electron chi connectivity index (χ3n) is 3.25. The molecule has 2 aromatic heterocycles. The molecule has 0 aliphatic heterocycles. The van der Waals surface area contributed by atoms with Crippen molar-refractivity contribution < 1.29 is 0 Å². The maximum absolute atomic E-state index is 5.87. The average Bonchev–Trinajstić information content (AvgIpc) is 2.88. The maximum atomic E-state index is 5.87. The van der Waals surface area contributed by atoms with E-state index in [2.05, 4.69) is 43.3 Å². The first-order valence-electron chi connectivity index (χ1n) is 6.65. The first-order valence-corrected chi connectivity index (χ1v) is 7.82. The van der Waals surface area contributed by atoms with Gasteiger partial charge in [-0.05, 0) is 46.6 Å². The summed E-state index contributed by atoms with van der Waals surface area (Å²) < 4.78 is 2.84. The van der Waals surface area contributed by atoms with Crippen LogP contribution in [-0.4, -0.2) is 20.9 Å². The van der Waals surface area contributed by atoms with Crippen molar-refractivity contribution in [3.63, 3.8) is 0 Å². The van der Waals surface area contributed by atoms with Gasteiger partial charge >= 0.3 is 0 Å². The van der Waals surface area contributed by atoms with Gasteiger partial charge in [0.05, 0.1) is 18.1 Å². The smallest absolute Gasteiger partial charge is 0.155 e. The normalized spacial score (nSPS) is 11.1. The Morgan fingerprint density at radius 1 is 1.14 bits per heavy atom. The van der Waals surface area contributed by atoms with Crippen LogP contribution < -0.4 is 5.32 Å². The number of fused-ring (bicyclic) bond motifs is 1. The first-order chi connectivity index (χ1) is 10.2. The number of hydrogen-bond acceptors (Lipinski definition) is 3. The van der Waals surface area contributed by atoms with Crippen LogP contribution in [0, 0.1) is 0 Å². The van der Waals surface area contributed by atoms with Crippen LogP contribution in [0.4, 0.5) is 0 Å². The first kappa shape index (κ1) is 14.5. The van der Waals surface area contributed by atoms with Crippen LogP contribution in [0.25, 0.3) is 5.65 Å². The van der Waals surface area contributed by atoms with Crippen molar-refractivity contribution in [3.05, 3.63) is 63.7 Å². The number of benzene rings is 1. The van der Waals surface area contributed by atoms with Gasteiger partial charge in [-0.2, -0.15) is 0 Å². The average molecular weight is 366 g/mol. The van der Waals surface area contributed by atoms with Crippen LogP contribution in [0.3, 0.4) is 0 Å². The largest absolute Gasteiger partial charge is 0.311 e. The Bertz CT molecular complexity index is 739. The number of hydrogen-bond donors (Lipinski definition) is 1. The van der Waals surface area contributed by atoms with Crippen LogP contribution >= 0.6 is 27.5 Å². The standard InChI is InChI=1S/C15H14BrClN4/c16-14-10-21-13(8-20-15(21)9-19-14)7-18-6-5-11-1-3-12(17)4-2-11/h1-4,8-10,18H,5-7H2. The number of rotatable bonds is 5. The highest BCUT2D eigenvalue weighted by molar-refractivity contribution is 9.10. The molecule has 0 unspecified atom stereocenters. The fourth-order valence-electron chi connectivity index (χ4n) is 2.15. The van der Waals surface area contributed by atoms with Crippen molar-refractivity contribution in [3.8, 4) is 0 Å². The maximum Gasteiger partial charge on any atom is 0.155 e. The minimum absolute atomic E-state index is 0.769. The van der Waals surface area contributed by atoms with Gasteiger partial charge in [-0.1, -0.05) is 23.7 Å². The van der Waals surface area contributed by atoms with Gasteiger partial charge in [0, 0.05) is 17.8 Å². The lowest BCUT2D eigenvalue weighted by molar-refractivity contribution is 0.670. The molecular formula is C15H14BrClN4. The van der Waals surface area contributed by atoms with Crippen molar-refractivity contribution in [2.75, 3.05) is 6.54 Å². The van der Waals surface area contributed by atoms with E-state index in [-0.39, 0.29) is 0 Å². The minimum Gasteiger partial charge on any atom is -0.311 e. The Labute approximate surface area is 136 Å². The lowest BCUT2D eigenvalue weighted by Gasteiger charge is -2.05. The fraction of sp³-hybridized carbons (Fsp3) is 0.200. The molecular weight excluding hydrogens is 352 g/mol. The summed E-state index contributed by atoms with van der Waals surface area (Å²) in [6.07, 6.45) is 6.53. The summed E-state index contributed by atoms with van der Waals surface area (Å²) in [5.41, 5.74) is 3.24. The lowest BCUT2D eigenvalue weighted by atomic mass is 10.1. The molecule has 0 spiro atoms. The van der Waals surface area contributed by atoms with Gasteiger partial charge in [-0.3, -0.25) is 4.40 Å². The van der Waals surface area contributed by atoms with Crippen molar-refractivity contribution >= 4 is 33.2 Å². The van der Waals surface area contributed by atoms with Gasteiger partial charge in [-0.15, -0.1) is 0 Å². The predicted molar refractivity (Wildman–Crippen MR) is 87.5 cm³/mol. The van der Waals surface area contributed by atoms with Crippen LogP contribution in [0.15, 0.2) is 47.5 Å². The summed E-state index contributed by atoms with van der Waals surface area (Å²) >= 11 is 9.25. The van der Waals surface area contributed by atoms with E-state index >= 15 is 0 Å². The molecule has 1 N–H and O–H groups in total. The van der Waals surface area contributed by atoms with E-state index in [0.29, 0.717) is 0 Å². The lowest BCUT2D eigenvalue weighted by Crippen LogP contribution is -2.17. The molecule has 0 radical (unpaired) electrons. The molecule has 4 nitrogen and oxygen atoms in total. The molecule has 3 rings (SSSR count). The Morgan fingerprint density at radius 2 is 1.95 bits per heavy atom. The monoisotopic (exact) mass is 364 g/mol. The van der Waals surface area contributed by atoms with Gasteiger partial charge in [0.25, 0.3) is 0 Å². The third-order valence-corrected chi connectivity index (χ3v) is 3.91. The summed E-state index contributed by atoms with van der Waals surface area (Å²) in [4.78, 5) is 8.50. The van der Waals surface area contributed by atoms with Crippen LogP contribution in [0.5, 0.6) is 0 Å². The SMILES string of the molecule is Clc1ccc(CCNCc2cnc3cnc(Br)cn23)cc1. The zero-order chi connectivity index (χ0) is 14.7. The minimum atomic E-state index is 0.769. The summed E-state index contributed by atoms with van der Waals surface area (Å²) in [6, 6.07) is 7.96. The molecule has 0 saturated heterocycles. The van der Waals surface area contributed by atoms with E-state index in [1.54, 1.807) is 6.20 Å². The summed E-state index contributed by atoms with van der Waals surface area (Å²) in [5, 5.41) is 4.21.